The molecular weight excluding hydrogens is 230 g/mol. The Hall–Kier alpha value is -2.10. The van der Waals surface area contributed by atoms with Crippen molar-refractivity contribution in [1.82, 2.24) is 0 Å². The monoisotopic (exact) mass is 245 g/mol. The number of carbonyl (C=O) groups excluding carboxylic acids is 2. The lowest BCUT2D eigenvalue weighted by Gasteiger charge is -2.26. The molecule has 4 nitrogen and oxygen atoms in total. The van der Waals surface area contributed by atoms with Gasteiger partial charge in [-0.3, -0.25) is 9.59 Å². The Kier molecular flexibility index (Phi) is 3.19. The number of benzene rings is 1. The van der Waals surface area contributed by atoms with E-state index in [0.717, 1.165) is 0 Å². The van der Waals surface area contributed by atoms with Crippen LogP contribution in [0.2, 0.25) is 0 Å². The number of amides is 1. The summed E-state index contributed by atoms with van der Waals surface area (Å²) in [7, 11) is 1.69. The van der Waals surface area contributed by atoms with E-state index in [1.807, 2.05) is 6.92 Å². The molecule has 1 aliphatic rings. The zero-order valence-corrected chi connectivity index (χ0v) is 10.5. The number of likely N-dealkylation sites (N-methyl/N-ethyl adjacent to an activating group) is 1. The lowest BCUT2D eigenvalue weighted by atomic mass is 10.0. The molecule has 1 amide bonds. The van der Waals surface area contributed by atoms with Gasteiger partial charge in [-0.15, -0.1) is 0 Å². The van der Waals surface area contributed by atoms with Crippen LogP contribution in [0.1, 0.15) is 23.7 Å². The molecule has 1 aromatic rings. The smallest absolute Gasteiger partial charge is 0.264 e. The minimum Gasteiger partial charge on any atom is -0.482 e. The molecule has 94 valence electrons. The fraction of sp³-hybridized carbons (Fsp3) is 0.286. The van der Waals surface area contributed by atoms with Gasteiger partial charge in [0, 0.05) is 12.6 Å². The number of ketones is 1. The number of hydrogen-bond acceptors (Lipinski definition) is 3. The first-order chi connectivity index (χ1) is 8.54. The fourth-order valence-electron chi connectivity index (χ4n) is 1.78. The van der Waals surface area contributed by atoms with Gasteiger partial charge in [0.15, 0.2) is 12.4 Å². The third kappa shape index (κ3) is 2.01. The van der Waals surface area contributed by atoms with Crippen LogP contribution in [-0.2, 0) is 4.79 Å². The Bertz CT molecular complexity index is 534. The molecule has 0 unspecified atom stereocenters. The molecule has 4 heteroatoms. The SMILES string of the molecule is C=C(CC)C(=O)c1ccc2c(c1)OCC(=O)N2C. The topological polar surface area (TPSA) is 46.6 Å². The van der Waals surface area contributed by atoms with Crippen LogP contribution < -0.4 is 9.64 Å². The van der Waals surface area contributed by atoms with Gasteiger partial charge in [0.25, 0.3) is 5.91 Å². The van der Waals surface area contributed by atoms with Crippen LogP contribution >= 0.6 is 0 Å². The van der Waals surface area contributed by atoms with Gasteiger partial charge in [-0.25, -0.2) is 0 Å². The summed E-state index contributed by atoms with van der Waals surface area (Å²) >= 11 is 0. The minimum atomic E-state index is -0.0976. The Morgan fingerprint density at radius 1 is 1.50 bits per heavy atom. The van der Waals surface area contributed by atoms with Gasteiger partial charge in [0.05, 0.1) is 5.69 Å². The number of ether oxygens (including phenoxy) is 1. The molecule has 1 heterocycles. The molecule has 0 atom stereocenters. The molecule has 0 saturated carbocycles. The summed E-state index contributed by atoms with van der Waals surface area (Å²) in [6, 6.07) is 5.09. The molecule has 0 bridgehead atoms. The molecule has 1 aromatic carbocycles. The van der Waals surface area contributed by atoms with Gasteiger partial charge in [0.1, 0.15) is 5.75 Å². The number of anilines is 1. The van der Waals surface area contributed by atoms with Crippen LogP contribution in [0.25, 0.3) is 0 Å². The maximum atomic E-state index is 12.0. The van der Waals surface area contributed by atoms with Crippen LogP contribution in [0.4, 0.5) is 5.69 Å². The summed E-state index contributed by atoms with van der Waals surface area (Å²) in [6.45, 7) is 5.63. The average molecular weight is 245 g/mol. The van der Waals surface area contributed by atoms with Crippen LogP contribution in [0.3, 0.4) is 0 Å². The van der Waals surface area contributed by atoms with Gasteiger partial charge in [0.2, 0.25) is 0 Å². The van der Waals surface area contributed by atoms with Crippen molar-refractivity contribution in [3.63, 3.8) is 0 Å². The largest absolute Gasteiger partial charge is 0.482 e. The first kappa shape index (κ1) is 12.4. The van der Waals surface area contributed by atoms with E-state index in [4.69, 9.17) is 4.74 Å². The van der Waals surface area contributed by atoms with Crippen LogP contribution in [0, 0.1) is 0 Å². The highest BCUT2D eigenvalue weighted by Crippen LogP contribution is 2.32. The van der Waals surface area contributed by atoms with Gasteiger partial charge < -0.3 is 9.64 Å². The van der Waals surface area contributed by atoms with E-state index in [9.17, 15) is 9.59 Å². The van der Waals surface area contributed by atoms with E-state index < -0.39 is 0 Å². The Balaban J connectivity index is 2.37. The normalized spacial score (nSPS) is 13.9. The summed E-state index contributed by atoms with van der Waals surface area (Å²) in [5, 5.41) is 0. The molecule has 0 radical (unpaired) electrons. The molecule has 0 fully saturated rings. The van der Waals surface area contributed by atoms with Gasteiger partial charge in [-0.1, -0.05) is 13.5 Å². The van der Waals surface area contributed by atoms with E-state index in [1.165, 1.54) is 4.90 Å². The third-order valence-electron chi connectivity index (χ3n) is 3.06. The summed E-state index contributed by atoms with van der Waals surface area (Å²) in [5.74, 6) is 0.384. The quantitative estimate of drug-likeness (QED) is 0.605. The van der Waals surface area contributed by atoms with Crippen LogP contribution in [-0.4, -0.2) is 25.3 Å². The molecule has 2 rings (SSSR count). The molecule has 1 aliphatic heterocycles. The Morgan fingerprint density at radius 3 is 2.89 bits per heavy atom. The zero-order valence-electron chi connectivity index (χ0n) is 10.5. The fourth-order valence-corrected chi connectivity index (χ4v) is 1.78. The van der Waals surface area contributed by atoms with Crippen molar-refractivity contribution in [3.05, 3.63) is 35.9 Å². The van der Waals surface area contributed by atoms with E-state index in [-0.39, 0.29) is 18.3 Å². The van der Waals surface area contributed by atoms with Gasteiger partial charge >= 0.3 is 0 Å². The van der Waals surface area contributed by atoms with Crippen molar-refractivity contribution in [3.8, 4) is 5.75 Å². The molecule has 0 aromatic heterocycles. The number of hydrogen-bond donors (Lipinski definition) is 0. The Morgan fingerprint density at radius 2 is 2.22 bits per heavy atom. The van der Waals surface area contributed by atoms with Crippen LogP contribution in [0.15, 0.2) is 30.4 Å². The number of fused-ring (bicyclic) bond motifs is 1. The maximum Gasteiger partial charge on any atom is 0.264 e. The Labute approximate surface area is 106 Å². The van der Waals surface area contributed by atoms with Crippen molar-refractivity contribution in [1.29, 1.82) is 0 Å². The first-order valence-corrected chi connectivity index (χ1v) is 5.80. The summed E-state index contributed by atoms with van der Waals surface area (Å²) < 4.78 is 5.34. The lowest BCUT2D eigenvalue weighted by molar-refractivity contribution is -0.120. The third-order valence-corrected chi connectivity index (χ3v) is 3.06. The zero-order chi connectivity index (χ0) is 13.3. The molecule has 0 N–H and O–H groups in total. The number of Topliss-reactive ketones (excluding diaryl/α,β-unsaturated/α-hetero) is 1. The van der Waals surface area contributed by atoms with Gasteiger partial charge in [-0.2, -0.15) is 0 Å². The summed E-state index contributed by atoms with van der Waals surface area (Å²) in [5.41, 5.74) is 1.79. The van der Waals surface area contributed by atoms with E-state index in [0.29, 0.717) is 29.0 Å². The molecule has 18 heavy (non-hydrogen) atoms. The van der Waals surface area contributed by atoms with Crippen molar-refractivity contribution in [2.75, 3.05) is 18.6 Å². The second-order valence-electron chi connectivity index (χ2n) is 4.21. The first-order valence-electron chi connectivity index (χ1n) is 5.80. The highest BCUT2D eigenvalue weighted by Gasteiger charge is 2.23. The standard InChI is InChI=1S/C14H15NO3/c1-4-9(2)14(17)10-5-6-11-12(7-10)18-8-13(16)15(11)3/h5-7H,2,4,8H2,1,3H3. The number of rotatable bonds is 3. The maximum absolute atomic E-state index is 12.0. The number of allylic oxidation sites excluding steroid dienone is 1. The molecular formula is C14H15NO3. The average Bonchev–Trinajstić information content (AvgIpc) is 2.41. The van der Waals surface area contributed by atoms with E-state index in [2.05, 4.69) is 6.58 Å². The molecule has 0 saturated heterocycles. The van der Waals surface area contributed by atoms with Crippen molar-refractivity contribution < 1.29 is 14.3 Å². The number of carbonyl (C=O) groups is 2. The van der Waals surface area contributed by atoms with E-state index >= 15 is 0 Å². The second kappa shape index (κ2) is 4.64. The van der Waals surface area contributed by atoms with E-state index in [1.54, 1.807) is 25.2 Å². The lowest BCUT2D eigenvalue weighted by Crippen LogP contribution is -2.35. The van der Waals surface area contributed by atoms with Crippen molar-refractivity contribution >= 4 is 17.4 Å². The predicted molar refractivity (Wildman–Crippen MR) is 69.1 cm³/mol. The van der Waals surface area contributed by atoms with Crippen molar-refractivity contribution in [2.45, 2.75) is 13.3 Å². The highest BCUT2D eigenvalue weighted by molar-refractivity contribution is 6.09. The summed E-state index contributed by atoms with van der Waals surface area (Å²) in [4.78, 5) is 25.0. The number of nitrogens with zero attached hydrogens (tertiary/aromatic N) is 1. The van der Waals surface area contributed by atoms with Crippen molar-refractivity contribution in [2.24, 2.45) is 0 Å². The summed E-state index contributed by atoms with van der Waals surface area (Å²) in [6.07, 6.45) is 0.620. The second-order valence-corrected chi connectivity index (χ2v) is 4.21. The highest BCUT2D eigenvalue weighted by atomic mass is 16.5. The van der Waals surface area contributed by atoms with Gasteiger partial charge in [-0.05, 0) is 30.2 Å². The van der Waals surface area contributed by atoms with Crippen LogP contribution in [0.5, 0.6) is 5.75 Å². The molecule has 0 spiro atoms. The minimum absolute atomic E-state index is 0.00979. The predicted octanol–water partition coefficient (Wildman–Crippen LogP) is 2.19. The molecule has 0 aliphatic carbocycles.